The van der Waals surface area contributed by atoms with Gasteiger partial charge in [0, 0.05) is 19.4 Å². The van der Waals surface area contributed by atoms with E-state index in [1.54, 1.807) is 29.8 Å². The number of nitrogens with one attached hydrogen (secondary N) is 1. The molecule has 1 aromatic carbocycles. The summed E-state index contributed by atoms with van der Waals surface area (Å²) in [6.45, 7) is 1.68. The molecule has 0 saturated carbocycles. The van der Waals surface area contributed by atoms with Crippen LogP contribution in [0.5, 0.6) is 11.5 Å². The summed E-state index contributed by atoms with van der Waals surface area (Å²) in [6.07, 6.45) is 0.106. The van der Waals surface area contributed by atoms with Crippen LogP contribution in [0.15, 0.2) is 28.2 Å². The average molecular weight is 418 g/mol. The van der Waals surface area contributed by atoms with E-state index in [9.17, 15) is 14.4 Å². The van der Waals surface area contributed by atoms with Gasteiger partial charge in [-0.15, -0.1) is 0 Å². The molecule has 0 fully saturated rings. The molecule has 10 heteroatoms. The number of fused-ring (bicyclic) bond motifs is 1. The van der Waals surface area contributed by atoms with Crippen LogP contribution >= 0.6 is 11.8 Å². The van der Waals surface area contributed by atoms with Gasteiger partial charge in [-0.1, -0.05) is 24.8 Å². The Balaban J connectivity index is 2.07. The zero-order chi connectivity index (χ0) is 21.1. The Morgan fingerprint density at radius 3 is 2.79 bits per heavy atom. The van der Waals surface area contributed by atoms with Crippen molar-refractivity contribution in [3.8, 4) is 11.5 Å². The Bertz CT molecular complexity index is 1020. The summed E-state index contributed by atoms with van der Waals surface area (Å²) in [4.78, 5) is 40.4. The third-order valence-corrected chi connectivity index (χ3v) is 5.45. The molecule has 3 N–H and O–H groups in total. The Morgan fingerprint density at radius 1 is 1.38 bits per heavy atom. The molecule has 1 unspecified atom stereocenters. The van der Waals surface area contributed by atoms with Gasteiger partial charge < -0.3 is 25.1 Å². The predicted molar refractivity (Wildman–Crippen MR) is 109 cm³/mol. The number of methoxy groups -OCH3 is 1. The third kappa shape index (κ3) is 4.21. The smallest absolute Gasteiger partial charge is 0.279 e. The van der Waals surface area contributed by atoms with E-state index in [1.807, 2.05) is 6.92 Å². The lowest BCUT2D eigenvalue weighted by Gasteiger charge is -2.27. The number of rotatable bonds is 7. The zero-order valence-electron chi connectivity index (χ0n) is 16.4. The van der Waals surface area contributed by atoms with Crippen molar-refractivity contribution >= 4 is 29.4 Å². The van der Waals surface area contributed by atoms with Crippen LogP contribution in [0.25, 0.3) is 0 Å². The molecule has 2 heterocycles. The molecule has 3 rings (SSSR count). The number of nitrogens with two attached hydrogens (primary N) is 1. The van der Waals surface area contributed by atoms with Gasteiger partial charge in [0.15, 0.2) is 23.3 Å². The minimum atomic E-state index is -0.607. The first kappa shape index (κ1) is 20.7. The van der Waals surface area contributed by atoms with Crippen molar-refractivity contribution in [3.05, 3.63) is 39.7 Å². The molecule has 1 atom stereocenters. The molecule has 0 saturated heterocycles. The average Bonchev–Trinajstić information content (AvgIpc) is 2.69. The molecule has 29 heavy (non-hydrogen) atoms. The fourth-order valence-electron chi connectivity index (χ4n) is 3.25. The lowest BCUT2D eigenvalue weighted by Crippen LogP contribution is -2.33. The molecule has 2 amide bonds. The third-order valence-electron chi connectivity index (χ3n) is 4.53. The van der Waals surface area contributed by atoms with E-state index in [4.69, 9.17) is 15.2 Å². The maximum Gasteiger partial charge on any atom is 0.279 e. The van der Waals surface area contributed by atoms with Crippen LogP contribution in [0.1, 0.15) is 30.4 Å². The highest BCUT2D eigenvalue weighted by Gasteiger charge is 2.32. The topological polar surface area (TPSA) is 126 Å². The van der Waals surface area contributed by atoms with Crippen LogP contribution < -0.4 is 26.1 Å². The van der Waals surface area contributed by atoms with Crippen molar-refractivity contribution < 1.29 is 19.1 Å². The molecule has 9 nitrogen and oxygen atoms in total. The summed E-state index contributed by atoms with van der Waals surface area (Å²) < 4.78 is 12.4. The SMILES string of the molecule is CCSc1nc(=O)c2c(n1C)NC(=O)CC2c1ccc(OCC(N)=O)c(OC)c1. The number of primary amides is 1. The Morgan fingerprint density at radius 2 is 2.14 bits per heavy atom. The Hall–Kier alpha value is -3.01. The maximum atomic E-state index is 12.8. The number of hydrogen-bond acceptors (Lipinski definition) is 7. The first-order valence-electron chi connectivity index (χ1n) is 8.98. The second-order valence-electron chi connectivity index (χ2n) is 6.42. The van der Waals surface area contributed by atoms with Crippen LogP contribution in [-0.4, -0.2) is 40.8 Å². The molecule has 2 aromatic rings. The number of hydrogen-bond donors (Lipinski definition) is 2. The van der Waals surface area contributed by atoms with Gasteiger partial charge in [0.2, 0.25) is 5.91 Å². The molecule has 0 spiro atoms. The van der Waals surface area contributed by atoms with E-state index in [0.29, 0.717) is 33.6 Å². The lowest BCUT2D eigenvalue weighted by molar-refractivity contribution is -0.120. The molecule has 1 aromatic heterocycles. The summed E-state index contributed by atoms with van der Waals surface area (Å²) in [5.74, 6) is 0.643. The second kappa shape index (κ2) is 8.56. The maximum absolute atomic E-state index is 12.8. The Kier molecular flexibility index (Phi) is 6.12. The Labute approximate surface area is 171 Å². The number of ether oxygens (including phenoxy) is 2. The number of thioether (sulfide) groups is 1. The summed E-state index contributed by atoms with van der Waals surface area (Å²) in [7, 11) is 3.24. The predicted octanol–water partition coefficient (Wildman–Crippen LogP) is 1.24. The lowest BCUT2D eigenvalue weighted by atomic mass is 9.86. The highest BCUT2D eigenvalue weighted by atomic mass is 32.2. The molecule has 0 bridgehead atoms. The summed E-state index contributed by atoms with van der Waals surface area (Å²) in [6, 6.07) is 5.06. The molecule has 0 aliphatic carbocycles. The van der Waals surface area contributed by atoms with Gasteiger partial charge in [0.25, 0.3) is 11.5 Å². The standard InChI is InChI=1S/C19H22N4O5S/c1-4-29-19-22-18(26)16-11(8-15(25)21-17(16)23(19)2)10-5-6-12(13(7-10)27-3)28-9-14(20)24/h5-7,11H,4,8-9H2,1-3H3,(H2,20,24)(H,21,25). The first-order valence-corrected chi connectivity index (χ1v) is 9.96. The van der Waals surface area contributed by atoms with Crippen LogP contribution in [0.2, 0.25) is 0 Å². The number of amides is 2. The molecular weight excluding hydrogens is 396 g/mol. The van der Waals surface area contributed by atoms with Crippen molar-refractivity contribution in [1.29, 1.82) is 0 Å². The number of benzene rings is 1. The quantitative estimate of drug-likeness (QED) is 0.512. The summed E-state index contributed by atoms with van der Waals surface area (Å²) in [5, 5.41) is 3.35. The van der Waals surface area contributed by atoms with E-state index in [1.165, 1.54) is 18.9 Å². The van der Waals surface area contributed by atoms with Gasteiger partial charge in [-0.05, 0) is 23.4 Å². The van der Waals surface area contributed by atoms with E-state index in [0.717, 1.165) is 5.75 Å². The van der Waals surface area contributed by atoms with Gasteiger partial charge in [-0.3, -0.25) is 14.4 Å². The normalized spacial score (nSPS) is 15.4. The van der Waals surface area contributed by atoms with Crippen molar-refractivity contribution in [3.63, 3.8) is 0 Å². The summed E-state index contributed by atoms with van der Waals surface area (Å²) >= 11 is 1.43. The van der Waals surface area contributed by atoms with Crippen molar-refractivity contribution in [2.24, 2.45) is 12.8 Å². The van der Waals surface area contributed by atoms with Crippen LogP contribution in [0.4, 0.5) is 5.82 Å². The highest BCUT2D eigenvalue weighted by molar-refractivity contribution is 7.99. The van der Waals surface area contributed by atoms with Crippen molar-refractivity contribution in [1.82, 2.24) is 9.55 Å². The van der Waals surface area contributed by atoms with Crippen LogP contribution in [0, 0.1) is 0 Å². The highest BCUT2D eigenvalue weighted by Crippen LogP contribution is 2.39. The second-order valence-corrected chi connectivity index (χ2v) is 7.66. The van der Waals surface area contributed by atoms with Crippen LogP contribution in [0.3, 0.4) is 0 Å². The van der Waals surface area contributed by atoms with Gasteiger partial charge in [0.1, 0.15) is 5.82 Å². The van der Waals surface area contributed by atoms with Gasteiger partial charge >= 0.3 is 0 Å². The van der Waals surface area contributed by atoms with Crippen molar-refractivity contribution in [2.75, 3.05) is 24.8 Å². The number of anilines is 1. The van der Waals surface area contributed by atoms with Gasteiger partial charge in [-0.2, -0.15) is 4.98 Å². The van der Waals surface area contributed by atoms with E-state index < -0.39 is 11.8 Å². The minimum Gasteiger partial charge on any atom is -0.493 e. The molecule has 1 aliphatic rings. The fourth-order valence-corrected chi connectivity index (χ4v) is 3.94. The number of carbonyl (C=O) groups excluding carboxylic acids is 2. The monoisotopic (exact) mass is 418 g/mol. The van der Waals surface area contributed by atoms with E-state index in [-0.39, 0.29) is 24.5 Å². The van der Waals surface area contributed by atoms with Gasteiger partial charge in [-0.25, -0.2) is 0 Å². The molecule has 1 aliphatic heterocycles. The number of carbonyl (C=O) groups is 2. The van der Waals surface area contributed by atoms with Crippen LogP contribution in [-0.2, 0) is 16.6 Å². The van der Waals surface area contributed by atoms with E-state index >= 15 is 0 Å². The van der Waals surface area contributed by atoms with E-state index in [2.05, 4.69) is 10.3 Å². The number of nitrogens with zero attached hydrogens (tertiary/aromatic N) is 2. The summed E-state index contributed by atoms with van der Waals surface area (Å²) in [5.41, 5.74) is 5.89. The largest absolute Gasteiger partial charge is 0.493 e. The first-order chi connectivity index (χ1) is 13.8. The molecule has 0 radical (unpaired) electrons. The number of aromatic nitrogens is 2. The molecule has 154 valence electrons. The molecular formula is C19H22N4O5S. The fraction of sp³-hybridized carbons (Fsp3) is 0.368. The van der Waals surface area contributed by atoms with Gasteiger partial charge in [0.05, 0.1) is 12.7 Å². The minimum absolute atomic E-state index is 0.106. The van der Waals surface area contributed by atoms with Crippen molar-refractivity contribution in [2.45, 2.75) is 24.4 Å². The zero-order valence-corrected chi connectivity index (χ0v) is 17.2.